The molecule has 0 N–H and O–H groups in total. The van der Waals surface area contributed by atoms with Gasteiger partial charge in [-0.15, -0.1) is 0 Å². The summed E-state index contributed by atoms with van der Waals surface area (Å²) < 4.78 is 0. The van der Waals surface area contributed by atoms with Crippen molar-refractivity contribution in [2.75, 3.05) is 0 Å². The summed E-state index contributed by atoms with van der Waals surface area (Å²) >= 11 is 0. The molecule has 0 heteroatoms. The summed E-state index contributed by atoms with van der Waals surface area (Å²) in [6.07, 6.45) is 31.9. The van der Waals surface area contributed by atoms with Crippen molar-refractivity contribution in [2.24, 2.45) is 0 Å². The van der Waals surface area contributed by atoms with E-state index in [1.165, 1.54) is 122 Å². The molecule has 0 aromatic heterocycles. The Morgan fingerprint density at radius 1 is 0.348 bits per heavy atom. The lowest BCUT2D eigenvalue weighted by atomic mass is 10.1. The molecule has 0 saturated carbocycles. The maximum Gasteiger partial charge on any atom is -0.0351 e. The van der Waals surface area contributed by atoms with Crippen LogP contribution in [-0.2, 0) is 0 Å². The molecule has 0 unspecified atom stereocenters. The third kappa shape index (κ3) is 21.7. The number of hydrogen-bond donors (Lipinski definition) is 0. The lowest BCUT2D eigenvalue weighted by Gasteiger charge is -2.01. The molecule has 0 atom stereocenters. The molecule has 138 valence electrons. The molecule has 0 bridgehead atoms. The lowest BCUT2D eigenvalue weighted by Crippen LogP contribution is -1.81. The normalized spacial score (nSPS) is 11.6. The molecule has 0 saturated heterocycles. The van der Waals surface area contributed by atoms with Crippen LogP contribution in [0.2, 0.25) is 0 Å². The fourth-order valence-electron chi connectivity index (χ4n) is 3.20. The van der Waals surface area contributed by atoms with Gasteiger partial charge in [-0.2, -0.15) is 0 Å². The fourth-order valence-corrected chi connectivity index (χ4v) is 3.20. The Morgan fingerprint density at radius 3 is 0.913 bits per heavy atom. The first-order valence-corrected chi connectivity index (χ1v) is 11.1. The maximum absolute atomic E-state index is 2.43. The highest BCUT2D eigenvalue weighted by molar-refractivity contribution is 4.81. The van der Waals surface area contributed by atoms with Gasteiger partial charge < -0.3 is 0 Å². The summed E-state index contributed by atoms with van der Waals surface area (Å²) in [6, 6.07) is 0. The van der Waals surface area contributed by atoms with E-state index in [1.54, 1.807) is 0 Å². The first-order chi connectivity index (χ1) is 11.4. The number of unbranched alkanes of at least 4 members (excludes halogenated alkanes) is 17. The second kappa shape index (κ2) is 21.7. The molecule has 0 nitrogen and oxygen atoms in total. The molecule has 0 aliphatic rings. The SMILES string of the molecule is CCCCCCCCCC/C=C\CCCCCCCCCCC. The van der Waals surface area contributed by atoms with Crippen LogP contribution in [0.1, 0.15) is 136 Å². The van der Waals surface area contributed by atoms with E-state index in [9.17, 15) is 0 Å². The van der Waals surface area contributed by atoms with Crippen molar-refractivity contribution in [2.45, 2.75) is 136 Å². The average Bonchev–Trinajstić information content (AvgIpc) is 2.57. The quantitative estimate of drug-likeness (QED) is 0.164. The standard InChI is InChI=1S/C23H46/c1-3-5-7-9-11-13-15-17-19-21-23-22-20-18-16-14-12-10-8-6-4-2/h21,23H,3-20,22H2,1-2H3/b23-21-. The molecule has 0 aliphatic carbocycles. The predicted molar refractivity (Wildman–Crippen MR) is 108 cm³/mol. The van der Waals surface area contributed by atoms with Gasteiger partial charge in [0.05, 0.1) is 0 Å². The van der Waals surface area contributed by atoms with Crippen LogP contribution in [0.15, 0.2) is 12.2 Å². The van der Waals surface area contributed by atoms with E-state index in [1.807, 2.05) is 0 Å². The third-order valence-corrected chi connectivity index (χ3v) is 4.87. The highest BCUT2D eigenvalue weighted by atomic mass is 14.0. The van der Waals surface area contributed by atoms with Gasteiger partial charge in [-0.25, -0.2) is 0 Å². The summed E-state index contributed by atoms with van der Waals surface area (Å²) in [7, 11) is 0. The van der Waals surface area contributed by atoms with E-state index >= 15 is 0 Å². The van der Waals surface area contributed by atoms with Gasteiger partial charge in [-0.1, -0.05) is 122 Å². The Morgan fingerprint density at radius 2 is 0.609 bits per heavy atom. The van der Waals surface area contributed by atoms with Crippen LogP contribution >= 0.6 is 0 Å². The van der Waals surface area contributed by atoms with E-state index in [4.69, 9.17) is 0 Å². The van der Waals surface area contributed by atoms with Gasteiger partial charge in [-0.3, -0.25) is 0 Å². The molecular weight excluding hydrogens is 276 g/mol. The van der Waals surface area contributed by atoms with Crippen LogP contribution in [0.4, 0.5) is 0 Å². The average molecular weight is 323 g/mol. The molecule has 0 spiro atoms. The largest absolute Gasteiger partial charge is 0.0885 e. The van der Waals surface area contributed by atoms with Crippen LogP contribution in [0.5, 0.6) is 0 Å². The van der Waals surface area contributed by atoms with Gasteiger partial charge in [0.2, 0.25) is 0 Å². The van der Waals surface area contributed by atoms with Crippen molar-refractivity contribution < 1.29 is 0 Å². The van der Waals surface area contributed by atoms with Gasteiger partial charge in [0.15, 0.2) is 0 Å². The fraction of sp³-hybridized carbons (Fsp3) is 0.913. The van der Waals surface area contributed by atoms with Gasteiger partial charge in [0.25, 0.3) is 0 Å². The van der Waals surface area contributed by atoms with Crippen LogP contribution in [-0.4, -0.2) is 0 Å². The molecule has 0 rings (SSSR count). The van der Waals surface area contributed by atoms with Crippen molar-refractivity contribution in [3.05, 3.63) is 12.2 Å². The zero-order chi connectivity index (χ0) is 16.8. The van der Waals surface area contributed by atoms with E-state index in [0.717, 1.165) is 0 Å². The van der Waals surface area contributed by atoms with Crippen molar-refractivity contribution in [1.82, 2.24) is 0 Å². The topological polar surface area (TPSA) is 0 Å². The minimum atomic E-state index is 1.31. The van der Waals surface area contributed by atoms with Crippen molar-refractivity contribution in [1.29, 1.82) is 0 Å². The Bertz CT molecular complexity index is 216. The van der Waals surface area contributed by atoms with Crippen molar-refractivity contribution >= 4 is 0 Å². The number of hydrogen-bond acceptors (Lipinski definition) is 0. The first-order valence-electron chi connectivity index (χ1n) is 11.1. The third-order valence-electron chi connectivity index (χ3n) is 4.87. The summed E-state index contributed by atoms with van der Waals surface area (Å²) in [5.74, 6) is 0. The number of rotatable bonds is 19. The summed E-state index contributed by atoms with van der Waals surface area (Å²) in [5, 5.41) is 0. The minimum Gasteiger partial charge on any atom is -0.0885 e. The lowest BCUT2D eigenvalue weighted by molar-refractivity contribution is 0.566. The second-order valence-electron chi connectivity index (χ2n) is 7.35. The molecule has 0 heterocycles. The zero-order valence-corrected chi connectivity index (χ0v) is 16.6. The highest BCUT2D eigenvalue weighted by Crippen LogP contribution is 2.12. The molecule has 0 aromatic rings. The summed E-state index contributed by atoms with van der Waals surface area (Å²) in [4.78, 5) is 0. The monoisotopic (exact) mass is 322 g/mol. The molecule has 0 amide bonds. The first kappa shape index (κ1) is 22.7. The van der Waals surface area contributed by atoms with E-state index < -0.39 is 0 Å². The molecule has 0 aromatic carbocycles. The van der Waals surface area contributed by atoms with Gasteiger partial charge >= 0.3 is 0 Å². The molecule has 0 radical (unpaired) electrons. The zero-order valence-electron chi connectivity index (χ0n) is 16.6. The van der Waals surface area contributed by atoms with Crippen LogP contribution in [0.3, 0.4) is 0 Å². The minimum absolute atomic E-state index is 1.31. The van der Waals surface area contributed by atoms with E-state index in [0.29, 0.717) is 0 Å². The summed E-state index contributed by atoms with van der Waals surface area (Å²) in [6.45, 7) is 4.59. The predicted octanol–water partition coefficient (Wildman–Crippen LogP) is 8.99. The van der Waals surface area contributed by atoms with Crippen molar-refractivity contribution in [3.8, 4) is 0 Å². The van der Waals surface area contributed by atoms with E-state index in [2.05, 4.69) is 26.0 Å². The second-order valence-corrected chi connectivity index (χ2v) is 7.35. The number of allylic oxidation sites excluding steroid dienone is 2. The van der Waals surface area contributed by atoms with Gasteiger partial charge in [-0.05, 0) is 25.7 Å². The summed E-state index contributed by atoms with van der Waals surface area (Å²) in [5.41, 5.74) is 0. The molecule has 0 fully saturated rings. The van der Waals surface area contributed by atoms with Crippen molar-refractivity contribution in [3.63, 3.8) is 0 Å². The van der Waals surface area contributed by atoms with Gasteiger partial charge in [0.1, 0.15) is 0 Å². The molecule has 23 heavy (non-hydrogen) atoms. The van der Waals surface area contributed by atoms with Crippen LogP contribution in [0, 0.1) is 0 Å². The Kier molecular flexibility index (Phi) is 21.5. The Balaban J connectivity index is 3.03. The van der Waals surface area contributed by atoms with Gasteiger partial charge in [0, 0.05) is 0 Å². The maximum atomic E-state index is 2.43. The molecular formula is C23H46. The Hall–Kier alpha value is -0.260. The smallest absolute Gasteiger partial charge is 0.0351 e. The Labute approximate surface area is 148 Å². The highest BCUT2D eigenvalue weighted by Gasteiger charge is 1.92. The van der Waals surface area contributed by atoms with Crippen LogP contribution in [0.25, 0.3) is 0 Å². The molecule has 0 aliphatic heterocycles. The van der Waals surface area contributed by atoms with E-state index in [-0.39, 0.29) is 0 Å². The van der Waals surface area contributed by atoms with Crippen LogP contribution < -0.4 is 0 Å².